The SMILES string of the molecule is [B]ON(C(C)O)C(C)O.[In]. The summed E-state index contributed by atoms with van der Waals surface area (Å²) in [5.41, 5.74) is 0. The van der Waals surface area contributed by atoms with Gasteiger partial charge >= 0.3 is 8.05 Å². The van der Waals surface area contributed by atoms with Crippen LogP contribution < -0.4 is 0 Å². The fourth-order valence-corrected chi connectivity index (χ4v) is 0.488. The summed E-state index contributed by atoms with van der Waals surface area (Å²) in [5.74, 6) is 0. The van der Waals surface area contributed by atoms with Gasteiger partial charge in [-0.1, -0.05) is 0 Å². The number of aliphatic hydroxyl groups is 2. The molecule has 6 heteroatoms. The molecule has 0 aliphatic rings. The number of aliphatic hydroxyl groups excluding tert-OH is 2. The van der Waals surface area contributed by atoms with Crippen molar-refractivity contribution in [3.05, 3.63) is 0 Å². The number of hydroxylamine groups is 2. The van der Waals surface area contributed by atoms with Crippen molar-refractivity contribution in [2.75, 3.05) is 0 Å². The minimum atomic E-state index is -0.907. The van der Waals surface area contributed by atoms with Gasteiger partial charge in [0.15, 0.2) is 0 Å². The molecule has 0 heterocycles. The average molecular weight is 246 g/mol. The third-order valence-electron chi connectivity index (χ3n) is 0.858. The largest absolute Gasteiger partial charge is 0.376 e. The van der Waals surface area contributed by atoms with Gasteiger partial charge in [-0.3, -0.25) is 0 Å². The summed E-state index contributed by atoms with van der Waals surface area (Å²) < 4.78 is 4.11. The van der Waals surface area contributed by atoms with Gasteiger partial charge in [0.2, 0.25) is 0 Å². The van der Waals surface area contributed by atoms with Gasteiger partial charge in [0.25, 0.3) is 0 Å². The summed E-state index contributed by atoms with van der Waals surface area (Å²) >= 11 is 0. The third kappa shape index (κ3) is 4.57. The van der Waals surface area contributed by atoms with Crippen LogP contribution in [0.15, 0.2) is 0 Å². The Labute approximate surface area is 80.3 Å². The maximum atomic E-state index is 8.74. The Balaban J connectivity index is 0. The molecule has 0 aromatic rings. The van der Waals surface area contributed by atoms with Crippen molar-refractivity contribution in [2.45, 2.75) is 26.3 Å². The van der Waals surface area contributed by atoms with E-state index < -0.39 is 12.5 Å². The Kier molecular flexibility index (Phi) is 8.67. The Hall–Kier alpha value is 0.775. The van der Waals surface area contributed by atoms with Crippen molar-refractivity contribution < 1.29 is 15.0 Å². The number of nitrogens with zero attached hydrogens (tertiary/aromatic N) is 1. The molecule has 0 saturated carbocycles. The molecule has 2 atom stereocenters. The van der Waals surface area contributed by atoms with Gasteiger partial charge in [-0.15, -0.1) is 0 Å². The van der Waals surface area contributed by atoms with Crippen LogP contribution >= 0.6 is 0 Å². The van der Waals surface area contributed by atoms with E-state index >= 15 is 0 Å². The van der Waals surface area contributed by atoms with E-state index in [1.165, 1.54) is 13.8 Å². The van der Waals surface area contributed by atoms with Crippen LogP contribution in [0.1, 0.15) is 13.8 Å². The normalized spacial score (nSPS) is 16.1. The standard InChI is InChI=1S/C4H10BNO3.In/c1-3(7)6(9-5)4(2)8;/h3-4,7-8H,1-2H3;. The van der Waals surface area contributed by atoms with E-state index in [9.17, 15) is 0 Å². The van der Waals surface area contributed by atoms with Crippen LogP contribution in [0.4, 0.5) is 0 Å². The molecular formula is C4H10BInNO3. The fourth-order valence-electron chi connectivity index (χ4n) is 0.488. The first kappa shape index (κ1) is 13.4. The Bertz CT molecular complexity index is 74.9. The number of hydrogen-bond donors (Lipinski definition) is 2. The van der Waals surface area contributed by atoms with E-state index in [0.717, 1.165) is 5.06 Å². The molecule has 10 heavy (non-hydrogen) atoms. The van der Waals surface area contributed by atoms with Gasteiger partial charge in [0.05, 0.1) is 0 Å². The molecule has 5 radical (unpaired) electrons. The molecule has 0 aromatic carbocycles. The topological polar surface area (TPSA) is 52.9 Å². The second-order valence-electron chi connectivity index (χ2n) is 1.73. The fraction of sp³-hybridized carbons (Fsp3) is 1.00. The van der Waals surface area contributed by atoms with Gasteiger partial charge in [-0.25, -0.2) is 0 Å². The predicted molar refractivity (Wildman–Crippen MR) is 37.8 cm³/mol. The molecule has 0 saturated heterocycles. The molecule has 4 nitrogen and oxygen atoms in total. The Morgan fingerprint density at radius 1 is 1.30 bits per heavy atom. The van der Waals surface area contributed by atoms with E-state index in [-0.39, 0.29) is 25.8 Å². The van der Waals surface area contributed by atoms with Crippen molar-refractivity contribution in [3.8, 4) is 0 Å². The van der Waals surface area contributed by atoms with E-state index in [0.29, 0.717) is 0 Å². The molecule has 2 N–H and O–H groups in total. The van der Waals surface area contributed by atoms with Crippen LogP contribution in [0.25, 0.3) is 0 Å². The van der Waals surface area contributed by atoms with Gasteiger partial charge in [-0.2, -0.15) is 5.06 Å². The van der Waals surface area contributed by atoms with Crippen molar-refractivity contribution in [1.82, 2.24) is 5.06 Å². The van der Waals surface area contributed by atoms with E-state index in [1.807, 2.05) is 0 Å². The predicted octanol–water partition coefficient (Wildman–Crippen LogP) is -1.40. The molecule has 0 amide bonds. The summed E-state index contributed by atoms with van der Waals surface area (Å²) in [6.07, 6.45) is -1.81. The summed E-state index contributed by atoms with van der Waals surface area (Å²) in [6, 6.07) is 0. The van der Waals surface area contributed by atoms with Crippen LogP contribution in [0.3, 0.4) is 0 Å². The third-order valence-corrected chi connectivity index (χ3v) is 0.858. The van der Waals surface area contributed by atoms with E-state index in [4.69, 9.17) is 10.2 Å². The number of hydrogen-bond acceptors (Lipinski definition) is 4. The summed E-state index contributed by atoms with van der Waals surface area (Å²) in [4.78, 5) is 0. The summed E-state index contributed by atoms with van der Waals surface area (Å²) in [5, 5.41) is 18.3. The molecular weight excluding hydrogens is 236 g/mol. The molecule has 0 aliphatic carbocycles. The molecule has 2 unspecified atom stereocenters. The first-order valence-electron chi connectivity index (χ1n) is 2.61. The van der Waals surface area contributed by atoms with Crippen LogP contribution in [-0.2, 0) is 4.76 Å². The summed E-state index contributed by atoms with van der Waals surface area (Å²) in [7, 11) is 4.68. The zero-order valence-corrected chi connectivity index (χ0v) is 9.35. The monoisotopic (exact) mass is 246 g/mol. The van der Waals surface area contributed by atoms with E-state index in [2.05, 4.69) is 12.8 Å². The summed E-state index contributed by atoms with van der Waals surface area (Å²) in [6.45, 7) is 2.86. The van der Waals surface area contributed by atoms with Crippen LogP contribution in [-0.4, -0.2) is 61.6 Å². The van der Waals surface area contributed by atoms with E-state index in [1.54, 1.807) is 0 Å². The van der Waals surface area contributed by atoms with Crippen molar-refractivity contribution >= 4 is 33.9 Å². The van der Waals surface area contributed by atoms with Gasteiger partial charge in [0.1, 0.15) is 12.5 Å². The van der Waals surface area contributed by atoms with Crippen molar-refractivity contribution in [1.29, 1.82) is 0 Å². The first-order valence-corrected chi connectivity index (χ1v) is 2.61. The van der Waals surface area contributed by atoms with Crippen molar-refractivity contribution in [3.63, 3.8) is 0 Å². The molecule has 0 fully saturated rings. The molecule has 0 rings (SSSR count). The average Bonchev–Trinajstić information content (AvgIpc) is 1.64. The zero-order chi connectivity index (χ0) is 7.44. The molecule has 0 aromatic heterocycles. The quantitative estimate of drug-likeness (QED) is 0.365. The molecule has 55 valence electrons. The maximum Gasteiger partial charge on any atom is 0.317 e. The minimum Gasteiger partial charge on any atom is -0.376 e. The second kappa shape index (κ2) is 6.48. The van der Waals surface area contributed by atoms with Gasteiger partial charge in [-0.05, 0) is 13.8 Å². The Morgan fingerprint density at radius 2 is 1.60 bits per heavy atom. The number of rotatable bonds is 3. The maximum absolute atomic E-state index is 8.74. The van der Waals surface area contributed by atoms with Crippen LogP contribution in [0, 0.1) is 0 Å². The second-order valence-corrected chi connectivity index (χ2v) is 1.73. The first-order chi connectivity index (χ1) is 4.09. The van der Waals surface area contributed by atoms with Gasteiger partial charge < -0.3 is 15.0 Å². The molecule has 0 bridgehead atoms. The van der Waals surface area contributed by atoms with Crippen LogP contribution in [0.2, 0.25) is 0 Å². The van der Waals surface area contributed by atoms with Gasteiger partial charge in [0, 0.05) is 25.8 Å². The van der Waals surface area contributed by atoms with Crippen molar-refractivity contribution in [2.24, 2.45) is 0 Å². The Morgan fingerprint density at radius 3 is 1.60 bits per heavy atom. The zero-order valence-electron chi connectivity index (χ0n) is 6.06. The molecule has 0 spiro atoms. The molecule has 0 aliphatic heterocycles. The minimum absolute atomic E-state index is 0. The smallest absolute Gasteiger partial charge is 0.317 e. The van der Waals surface area contributed by atoms with Crippen LogP contribution in [0.5, 0.6) is 0 Å².